The summed E-state index contributed by atoms with van der Waals surface area (Å²) in [6.07, 6.45) is 0. The first-order valence-electron chi connectivity index (χ1n) is 24.8. The van der Waals surface area contributed by atoms with Crippen molar-refractivity contribution in [3.05, 3.63) is 182 Å². The second-order valence-corrected chi connectivity index (χ2v) is 11.4. The van der Waals surface area contributed by atoms with E-state index in [-0.39, 0.29) is 38.5 Å². The molecular weight excluding hydrogens is 593 g/mol. The molecular formula is C48H30O. The summed E-state index contributed by atoms with van der Waals surface area (Å²) in [5.74, 6) is 0. The standard InChI is InChI=1S/C48H30O/c1-3-13-31(14-4-1)32-23-25-34(26-24-32)46-37-18-8-10-20-39(37)47(40-21-11-9-19-38(40)46)35-27-28-45-43(29-35)44-30-42(33-15-5-2-6-16-33)36-17-7-12-22-41(36)48(44)49-45/h1-30H/i1D,2D,3D,4D,5D,6D,7D,12D,13D,14D,15D,16D,17D,22D,23D,24D,25D,26D,30D. The molecule has 1 aromatic heterocycles. The Kier molecular flexibility index (Phi) is 3.34. The van der Waals surface area contributed by atoms with Crippen LogP contribution in [0.5, 0.6) is 0 Å². The largest absolute Gasteiger partial charge is 0.455 e. The summed E-state index contributed by atoms with van der Waals surface area (Å²) in [5.41, 5.74) is -0.100. The number of fused-ring (bicyclic) bond motifs is 7. The molecule has 0 saturated heterocycles. The van der Waals surface area contributed by atoms with Crippen molar-refractivity contribution in [2.24, 2.45) is 0 Å². The summed E-state index contributed by atoms with van der Waals surface area (Å²) >= 11 is 0. The van der Waals surface area contributed by atoms with E-state index >= 15 is 0 Å². The molecule has 0 fully saturated rings. The molecule has 0 bridgehead atoms. The number of furan rings is 1. The first-order valence-corrected chi connectivity index (χ1v) is 15.3. The van der Waals surface area contributed by atoms with Crippen molar-refractivity contribution in [2.75, 3.05) is 0 Å². The average molecular weight is 642 g/mol. The van der Waals surface area contributed by atoms with Crippen LogP contribution in [0.4, 0.5) is 0 Å². The van der Waals surface area contributed by atoms with Crippen molar-refractivity contribution < 1.29 is 30.5 Å². The molecule has 0 N–H and O–H groups in total. The van der Waals surface area contributed by atoms with Gasteiger partial charge in [0.05, 0.1) is 26.0 Å². The highest BCUT2D eigenvalue weighted by atomic mass is 16.3. The summed E-state index contributed by atoms with van der Waals surface area (Å²) in [6.45, 7) is 0. The van der Waals surface area contributed by atoms with Crippen molar-refractivity contribution >= 4 is 54.3 Å². The highest BCUT2D eigenvalue weighted by molar-refractivity contribution is 6.23. The molecule has 0 radical (unpaired) electrons. The van der Waals surface area contributed by atoms with Gasteiger partial charge in [-0.2, -0.15) is 0 Å². The zero-order valence-corrected chi connectivity index (χ0v) is 25.3. The predicted octanol–water partition coefficient (Wildman–Crippen LogP) is 13.7. The van der Waals surface area contributed by atoms with E-state index in [9.17, 15) is 4.11 Å². The van der Waals surface area contributed by atoms with Gasteiger partial charge in [-0.15, -0.1) is 0 Å². The third kappa shape index (κ3) is 4.40. The van der Waals surface area contributed by atoms with Crippen LogP contribution in [0.1, 0.15) is 26.0 Å². The molecule has 1 heteroatoms. The summed E-state index contributed by atoms with van der Waals surface area (Å²) in [5, 5.41) is 2.12. The monoisotopic (exact) mass is 641 g/mol. The van der Waals surface area contributed by atoms with Crippen LogP contribution in [0.25, 0.3) is 98.8 Å². The van der Waals surface area contributed by atoms with Crippen LogP contribution >= 0.6 is 0 Å². The lowest BCUT2D eigenvalue weighted by Gasteiger charge is -2.18. The maximum Gasteiger partial charge on any atom is 0.143 e. The summed E-state index contributed by atoms with van der Waals surface area (Å²) in [7, 11) is 0. The van der Waals surface area contributed by atoms with Crippen LogP contribution < -0.4 is 0 Å². The minimum Gasteiger partial charge on any atom is -0.455 e. The topological polar surface area (TPSA) is 13.1 Å². The lowest BCUT2D eigenvalue weighted by atomic mass is 9.85. The van der Waals surface area contributed by atoms with E-state index in [4.69, 9.17) is 26.3 Å². The first-order chi connectivity index (χ1) is 32.2. The minimum absolute atomic E-state index is 0.0503. The molecule has 0 unspecified atom stereocenters. The Morgan fingerprint density at radius 3 is 1.51 bits per heavy atom. The Morgan fingerprint density at radius 2 is 0.878 bits per heavy atom. The number of rotatable bonds is 4. The fourth-order valence-electron chi connectivity index (χ4n) is 6.62. The normalized spacial score (nSPS) is 17.1. The molecule has 228 valence electrons. The average Bonchev–Trinajstić information content (AvgIpc) is 3.72. The molecule has 0 saturated carbocycles. The maximum absolute atomic E-state index is 9.73. The molecule has 0 spiro atoms. The third-order valence-corrected chi connectivity index (χ3v) is 8.70. The Balaban J connectivity index is 1.30. The lowest BCUT2D eigenvalue weighted by Crippen LogP contribution is -1.91. The van der Waals surface area contributed by atoms with Crippen molar-refractivity contribution in [2.45, 2.75) is 0 Å². The third-order valence-electron chi connectivity index (χ3n) is 8.70. The van der Waals surface area contributed by atoms with Gasteiger partial charge in [0, 0.05) is 16.2 Å². The van der Waals surface area contributed by atoms with Gasteiger partial charge in [-0.3, -0.25) is 0 Å². The summed E-state index contributed by atoms with van der Waals surface area (Å²) < 4.78 is 173. The Morgan fingerprint density at radius 1 is 0.367 bits per heavy atom. The molecule has 1 nitrogen and oxygen atoms in total. The van der Waals surface area contributed by atoms with Crippen molar-refractivity contribution in [3.8, 4) is 44.5 Å². The molecule has 0 atom stereocenters. The van der Waals surface area contributed by atoms with Gasteiger partial charge in [0.25, 0.3) is 0 Å². The highest BCUT2D eigenvalue weighted by Gasteiger charge is 2.19. The zero-order chi connectivity index (χ0) is 48.8. The van der Waals surface area contributed by atoms with E-state index in [2.05, 4.69) is 0 Å². The molecule has 10 aromatic rings. The minimum atomic E-state index is -0.700. The van der Waals surface area contributed by atoms with E-state index in [1.165, 1.54) is 0 Å². The van der Waals surface area contributed by atoms with E-state index < -0.39 is 131 Å². The van der Waals surface area contributed by atoms with Crippen LogP contribution in [-0.2, 0) is 0 Å². The molecule has 9 aromatic carbocycles. The maximum atomic E-state index is 9.73. The smallest absolute Gasteiger partial charge is 0.143 e. The van der Waals surface area contributed by atoms with Gasteiger partial charge in [0.15, 0.2) is 0 Å². The molecule has 0 aliphatic carbocycles. The van der Waals surface area contributed by atoms with Gasteiger partial charge in [-0.05, 0) is 89.6 Å². The summed E-state index contributed by atoms with van der Waals surface area (Å²) in [6, 6.07) is 7.42. The van der Waals surface area contributed by atoms with Gasteiger partial charge in [-0.1, -0.05) is 163 Å². The number of benzene rings is 9. The molecule has 10 rings (SSSR count). The van der Waals surface area contributed by atoms with Gasteiger partial charge in [0.1, 0.15) is 11.2 Å². The number of hydrogen-bond donors (Lipinski definition) is 0. The van der Waals surface area contributed by atoms with Crippen LogP contribution in [0, 0.1) is 0 Å². The number of hydrogen-bond acceptors (Lipinski definition) is 1. The van der Waals surface area contributed by atoms with E-state index in [1.54, 1.807) is 54.6 Å². The molecule has 0 amide bonds. The Labute approximate surface area is 311 Å². The second-order valence-electron chi connectivity index (χ2n) is 11.4. The highest BCUT2D eigenvalue weighted by Crippen LogP contribution is 2.46. The quantitative estimate of drug-likeness (QED) is 0.174. The van der Waals surface area contributed by atoms with Gasteiger partial charge in [0.2, 0.25) is 0 Å². The van der Waals surface area contributed by atoms with Crippen LogP contribution in [0.2, 0.25) is 0 Å². The van der Waals surface area contributed by atoms with E-state index in [1.807, 2.05) is 12.1 Å². The second kappa shape index (κ2) is 11.1. The van der Waals surface area contributed by atoms with Crippen LogP contribution in [0.3, 0.4) is 0 Å². The zero-order valence-electron chi connectivity index (χ0n) is 44.3. The molecule has 0 aliphatic heterocycles. The van der Waals surface area contributed by atoms with Crippen LogP contribution in [0.15, 0.2) is 186 Å². The van der Waals surface area contributed by atoms with Gasteiger partial charge < -0.3 is 4.42 Å². The molecule has 49 heavy (non-hydrogen) atoms. The van der Waals surface area contributed by atoms with Crippen molar-refractivity contribution in [1.29, 1.82) is 0 Å². The van der Waals surface area contributed by atoms with Crippen molar-refractivity contribution in [3.63, 3.8) is 0 Å². The molecule has 1 heterocycles. The van der Waals surface area contributed by atoms with Crippen LogP contribution in [-0.4, -0.2) is 0 Å². The predicted molar refractivity (Wildman–Crippen MR) is 208 cm³/mol. The van der Waals surface area contributed by atoms with Gasteiger partial charge in [-0.25, -0.2) is 0 Å². The summed E-state index contributed by atoms with van der Waals surface area (Å²) in [4.78, 5) is 0. The lowest BCUT2D eigenvalue weighted by molar-refractivity contribution is 0.673. The fourth-order valence-corrected chi connectivity index (χ4v) is 6.62. The van der Waals surface area contributed by atoms with E-state index in [0.717, 1.165) is 0 Å². The Bertz CT molecular complexity index is 3830. The Hall–Kier alpha value is -6.44. The molecule has 0 aliphatic rings. The van der Waals surface area contributed by atoms with Crippen molar-refractivity contribution in [1.82, 2.24) is 0 Å². The SMILES string of the molecule is [2H]c1c([2H])c([2H])c(-c2c([2H])c([2H])c(-c3c4ccccc4c(-c4ccc5oc6c7c([2H])c([2H])c([2H])c([2H])c7c(-c7c([2H])c([2H])c([2H])c([2H])c7[2H])c([2H])c6c5c4)c4ccccc34)c([2H])c2[2H])c([2H])c1[2H]. The first kappa shape index (κ1) is 14.8. The van der Waals surface area contributed by atoms with Gasteiger partial charge >= 0.3 is 0 Å². The van der Waals surface area contributed by atoms with E-state index in [0.29, 0.717) is 43.6 Å². The fraction of sp³-hybridized carbons (Fsp3) is 0.